The van der Waals surface area contributed by atoms with E-state index >= 15 is 0 Å². The quantitative estimate of drug-likeness (QED) is 0.867. The number of benzene rings is 2. The van der Waals surface area contributed by atoms with Gasteiger partial charge in [-0.15, -0.1) is 0 Å². The molecule has 0 aliphatic carbocycles. The van der Waals surface area contributed by atoms with E-state index in [1.807, 2.05) is 0 Å². The largest absolute Gasteiger partial charge is 0.370 e. The second-order valence-electron chi connectivity index (χ2n) is 5.59. The Kier molecular flexibility index (Phi) is 3.96. The van der Waals surface area contributed by atoms with Gasteiger partial charge in [-0.3, -0.25) is 0 Å². The summed E-state index contributed by atoms with van der Waals surface area (Å²) in [7, 11) is 2.17. The molecule has 1 heterocycles. The highest BCUT2D eigenvalue weighted by Gasteiger charge is 2.21. The van der Waals surface area contributed by atoms with Gasteiger partial charge in [0.1, 0.15) is 0 Å². The normalized spacial score (nSPS) is 14.1. The standard InChI is InChI=1S/C19H22N2/c1-3-9-15-14-21(2)18-13-8-7-12-17(18)19(15)20-16-10-5-4-6-11-16/h4-8,10-13,20H,3,9,14H2,1-2H3. The fourth-order valence-electron chi connectivity index (χ4n) is 2.99. The van der Waals surface area contributed by atoms with Crippen LogP contribution in [0.3, 0.4) is 0 Å². The van der Waals surface area contributed by atoms with Crippen LogP contribution in [0.1, 0.15) is 25.3 Å². The van der Waals surface area contributed by atoms with Crippen molar-refractivity contribution in [3.05, 3.63) is 65.7 Å². The molecular formula is C19H22N2. The fraction of sp³-hybridized carbons (Fsp3) is 0.263. The van der Waals surface area contributed by atoms with Crippen molar-refractivity contribution in [2.45, 2.75) is 19.8 Å². The van der Waals surface area contributed by atoms with Gasteiger partial charge in [0, 0.05) is 36.2 Å². The Hall–Kier alpha value is -2.22. The smallest absolute Gasteiger partial charge is 0.0488 e. The average Bonchev–Trinajstić information content (AvgIpc) is 2.52. The van der Waals surface area contributed by atoms with Gasteiger partial charge in [-0.25, -0.2) is 0 Å². The summed E-state index contributed by atoms with van der Waals surface area (Å²) >= 11 is 0. The van der Waals surface area contributed by atoms with Crippen LogP contribution in [0.5, 0.6) is 0 Å². The number of anilines is 2. The first-order chi connectivity index (χ1) is 10.3. The van der Waals surface area contributed by atoms with Gasteiger partial charge < -0.3 is 10.2 Å². The molecule has 0 saturated heterocycles. The highest BCUT2D eigenvalue weighted by atomic mass is 15.1. The minimum absolute atomic E-state index is 1.00. The summed E-state index contributed by atoms with van der Waals surface area (Å²) < 4.78 is 0. The van der Waals surface area contributed by atoms with Gasteiger partial charge in [0.25, 0.3) is 0 Å². The molecule has 0 saturated carbocycles. The molecule has 0 bridgehead atoms. The zero-order valence-corrected chi connectivity index (χ0v) is 12.8. The first-order valence-electron chi connectivity index (χ1n) is 7.64. The predicted octanol–water partition coefficient (Wildman–Crippen LogP) is 4.76. The van der Waals surface area contributed by atoms with Crippen LogP contribution in [0.25, 0.3) is 5.70 Å². The second-order valence-corrected chi connectivity index (χ2v) is 5.59. The maximum absolute atomic E-state index is 3.65. The third-order valence-corrected chi connectivity index (χ3v) is 3.96. The van der Waals surface area contributed by atoms with Crippen LogP contribution >= 0.6 is 0 Å². The van der Waals surface area contributed by atoms with E-state index in [4.69, 9.17) is 0 Å². The van der Waals surface area contributed by atoms with Crippen LogP contribution in [0.15, 0.2) is 60.2 Å². The number of hydrogen-bond donors (Lipinski definition) is 1. The highest BCUT2D eigenvalue weighted by Crippen LogP contribution is 2.35. The molecule has 1 aliphatic rings. The van der Waals surface area contributed by atoms with Crippen LogP contribution in [0.4, 0.5) is 11.4 Å². The van der Waals surface area contributed by atoms with Crippen molar-refractivity contribution in [1.29, 1.82) is 0 Å². The Morgan fingerprint density at radius 2 is 1.71 bits per heavy atom. The molecule has 0 radical (unpaired) electrons. The molecule has 0 spiro atoms. The van der Waals surface area contributed by atoms with Gasteiger partial charge in [-0.1, -0.05) is 49.7 Å². The van der Waals surface area contributed by atoms with Crippen molar-refractivity contribution in [3.63, 3.8) is 0 Å². The SMILES string of the molecule is CCCC1=C(Nc2ccccc2)c2ccccc2N(C)C1. The Labute approximate surface area is 127 Å². The van der Waals surface area contributed by atoms with E-state index in [1.165, 1.54) is 28.9 Å². The van der Waals surface area contributed by atoms with E-state index in [0.717, 1.165) is 18.7 Å². The molecule has 2 aromatic rings. The molecule has 2 nitrogen and oxygen atoms in total. The molecule has 0 fully saturated rings. The summed E-state index contributed by atoms with van der Waals surface area (Å²) in [5, 5.41) is 3.65. The molecule has 108 valence electrons. The number of nitrogens with one attached hydrogen (secondary N) is 1. The molecule has 2 heteroatoms. The van der Waals surface area contributed by atoms with Crippen LogP contribution in [-0.4, -0.2) is 13.6 Å². The number of nitrogens with zero attached hydrogens (tertiary/aromatic N) is 1. The number of hydrogen-bond acceptors (Lipinski definition) is 2. The molecule has 0 atom stereocenters. The van der Waals surface area contributed by atoms with Gasteiger partial charge in [0.2, 0.25) is 0 Å². The lowest BCUT2D eigenvalue weighted by molar-refractivity contribution is 0.839. The third kappa shape index (κ3) is 2.80. The fourth-order valence-corrected chi connectivity index (χ4v) is 2.99. The minimum Gasteiger partial charge on any atom is -0.370 e. The van der Waals surface area contributed by atoms with Crippen molar-refractivity contribution in [2.24, 2.45) is 0 Å². The Morgan fingerprint density at radius 1 is 1.00 bits per heavy atom. The molecule has 3 rings (SSSR count). The Bertz CT molecular complexity index is 644. The average molecular weight is 278 g/mol. The first-order valence-corrected chi connectivity index (χ1v) is 7.64. The van der Waals surface area contributed by atoms with E-state index in [-0.39, 0.29) is 0 Å². The lowest BCUT2D eigenvalue weighted by Gasteiger charge is -2.32. The van der Waals surface area contributed by atoms with E-state index in [1.54, 1.807) is 0 Å². The summed E-state index contributed by atoms with van der Waals surface area (Å²) in [5.41, 5.74) is 6.54. The molecular weight excluding hydrogens is 256 g/mol. The van der Waals surface area contributed by atoms with Crippen molar-refractivity contribution < 1.29 is 0 Å². The Balaban J connectivity index is 2.05. The summed E-state index contributed by atoms with van der Waals surface area (Å²) in [6, 6.07) is 19.1. The number of likely N-dealkylation sites (N-methyl/N-ethyl adjacent to an activating group) is 1. The van der Waals surface area contributed by atoms with Crippen molar-refractivity contribution in [1.82, 2.24) is 0 Å². The first kappa shape index (κ1) is 13.7. The maximum Gasteiger partial charge on any atom is 0.0488 e. The van der Waals surface area contributed by atoms with Crippen molar-refractivity contribution in [3.8, 4) is 0 Å². The zero-order valence-electron chi connectivity index (χ0n) is 12.8. The van der Waals surface area contributed by atoms with Gasteiger partial charge in [-0.2, -0.15) is 0 Å². The van der Waals surface area contributed by atoms with Gasteiger partial charge in [0.05, 0.1) is 0 Å². The van der Waals surface area contributed by atoms with Crippen LogP contribution < -0.4 is 10.2 Å². The lowest BCUT2D eigenvalue weighted by Crippen LogP contribution is -2.27. The molecule has 0 unspecified atom stereocenters. The second kappa shape index (κ2) is 6.04. The molecule has 0 aromatic heterocycles. The number of rotatable bonds is 4. The third-order valence-electron chi connectivity index (χ3n) is 3.96. The van der Waals surface area contributed by atoms with E-state index in [9.17, 15) is 0 Å². The van der Waals surface area contributed by atoms with E-state index in [2.05, 4.69) is 78.8 Å². The molecule has 1 N–H and O–H groups in total. The monoisotopic (exact) mass is 278 g/mol. The topological polar surface area (TPSA) is 15.3 Å². The Morgan fingerprint density at radius 3 is 2.48 bits per heavy atom. The van der Waals surface area contributed by atoms with E-state index < -0.39 is 0 Å². The zero-order chi connectivity index (χ0) is 14.7. The van der Waals surface area contributed by atoms with Gasteiger partial charge in [0.15, 0.2) is 0 Å². The minimum atomic E-state index is 1.00. The molecule has 0 amide bonds. The molecule has 21 heavy (non-hydrogen) atoms. The van der Waals surface area contributed by atoms with Crippen molar-refractivity contribution in [2.75, 3.05) is 23.8 Å². The van der Waals surface area contributed by atoms with Gasteiger partial charge in [-0.05, 0) is 30.2 Å². The lowest BCUT2D eigenvalue weighted by atomic mass is 9.96. The summed E-state index contributed by atoms with van der Waals surface area (Å²) in [6.45, 7) is 3.24. The predicted molar refractivity (Wildman–Crippen MR) is 91.6 cm³/mol. The highest BCUT2D eigenvalue weighted by molar-refractivity contribution is 5.88. The summed E-state index contributed by atoms with van der Waals surface area (Å²) in [4.78, 5) is 2.34. The van der Waals surface area contributed by atoms with E-state index in [0.29, 0.717) is 0 Å². The van der Waals surface area contributed by atoms with Crippen molar-refractivity contribution >= 4 is 17.1 Å². The van der Waals surface area contributed by atoms with Crippen LogP contribution in [0.2, 0.25) is 0 Å². The number of fused-ring (bicyclic) bond motifs is 1. The van der Waals surface area contributed by atoms with Crippen LogP contribution in [0, 0.1) is 0 Å². The number of para-hydroxylation sites is 2. The summed E-state index contributed by atoms with van der Waals surface area (Å²) in [5.74, 6) is 0. The maximum atomic E-state index is 3.65. The summed E-state index contributed by atoms with van der Waals surface area (Å²) in [6.07, 6.45) is 2.30. The molecule has 1 aliphatic heterocycles. The molecule has 2 aromatic carbocycles. The van der Waals surface area contributed by atoms with Crippen LogP contribution in [-0.2, 0) is 0 Å². The van der Waals surface area contributed by atoms with Gasteiger partial charge >= 0.3 is 0 Å².